The average molecular weight is 362 g/mol. The normalized spacial score (nSPS) is 47.6. The number of carbonyl (C=O) groups excluding carboxylic acids is 1. The predicted octanol–water partition coefficient (Wildman–Crippen LogP) is 4.64. The first-order valence-electron chi connectivity index (χ1n) is 9.91. The molecule has 0 aromatic heterocycles. The number of ether oxygens (including phenoxy) is 1. The van der Waals surface area contributed by atoms with E-state index in [2.05, 4.69) is 12.8 Å². The molecule has 0 amide bonds. The lowest BCUT2D eigenvalue weighted by atomic mass is 9.47. The fourth-order valence-corrected chi connectivity index (χ4v) is 7.26. The highest BCUT2D eigenvalue weighted by atomic mass is 19.3. The van der Waals surface area contributed by atoms with Gasteiger partial charge in [0.05, 0.1) is 0 Å². The van der Waals surface area contributed by atoms with E-state index >= 15 is 0 Å². The second-order valence-corrected chi connectivity index (χ2v) is 9.05. The van der Waals surface area contributed by atoms with Crippen LogP contribution >= 0.6 is 0 Å². The van der Waals surface area contributed by atoms with Crippen LogP contribution in [0.25, 0.3) is 0 Å². The number of hydrogen-bond acceptors (Lipinski definition) is 2. The molecule has 0 aromatic carbocycles. The van der Waals surface area contributed by atoms with Gasteiger partial charge in [0.2, 0.25) is 6.43 Å². The van der Waals surface area contributed by atoms with Gasteiger partial charge in [-0.05, 0) is 68.3 Å². The quantitative estimate of drug-likeness (QED) is 0.669. The van der Waals surface area contributed by atoms with Gasteiger partial charge in [0.1, 0.15) is 5.60 Å². The molecule has 26 heavy (non-hydrogen) atoms. The Balaban J connectivity index is 1.76. The number of carbonyl (C=O) groups is 1. The molecule has 4 heteroatoms. The first kappa shape index (κ1) is 18.2. The van der Waals surface area contributed by atoms with E-state index in [9.17, 15) is 13.6 Å². The standard InChI is InChI=1S/C22H28F2O2/c1-4-22(26-3)10-9-18-16-7-5-13-11-14(25)6-8-15(13)19(16)17(20(23)24)12-21(18,22)2/h1,11,15-20H,5-10,12H2,2-3H3/t15-,16-,17-,18-,19+,21-,22-/m0/s1. The zero-order valence-corrected chi connectivity index (χ0v) is 15.6. The number of allylic oxidation sites excluding steroid dienone is 1. The average Bonchev–Trinajstić information content (AvgIpc) is 2.92. The van der Waals surface area contributed by atoms with Gasteiger partial charge in [-0.3, -0.25) is 4.79 Å². The van der Waals surface area contributed by atoms with E-state index in [1.807, 2.05) is 0 Å². The SMILES string of the molecule is C#C[C@]1(OC)CC[C@H]2[C@@H]3CCC4=CC(=O)CC[C@@H]4[C@H]3[C@@H](C(F)F)C[C@@]21C. The Hall–Kier alpha value is -1.21. The molecule has 0 aliphatic heterocycles. The van der Waals surface area contributed by atoms with Gasteiger partial charge in [-0.2, -0.15) is 0 Å². The topological polar surface area (TPSA) is 26.3 Å². The molecule has 0 N–H and O–H groups in total. The van der Waals surface area contributed by atoms with Gasteiger partial charge in [0.25, 0.3) is 0 Å². The van der Waals surface area contributed by atoms with Gasteiger partial charge >= 0.3 is 0 Å². The number of halogens is 2. The smallest absolute Gasteiger partial charge is 0.241 e. The van der Waals surface area contributed by atoms with Crippen LogP contribution in [-0.2, 0) is 9.53 Å². The molecule has 0 radical (unpaired) electrons. The monoisotopic (exact) mass is 362 g/mol. The maximum Gasteiger partial charge on any atom is 0.241 e. The summed E-state index contributed by atoms with van der Waals surface area (Å²) in [5, 5.41) is 0. The third-order valence-electron chi connectivity index (χ3n) is 8.37. The Kier molecular flexibility index (Phi) is 4.30. The molecule has 4 aliphatic rings. The summed E-state index contributed by atoms with van der Waals surface area (Å²) in [5.41, 5.74) is 0.00326. The Morgan fingerprint density at radius 2 is 2.08 bits per heavy atom. The third-order valence-corrected chi connectivity index (χ3v) is 8.37. The van der Waals surface area contributed by atoms with Crippen molar-refractivity contribution in [1.29, 1.82) is 0 Å². The molecule has 0 aromatic rings. The van der Waals surface area contributed by atoms with E-state index < -0.39 is 23.4 Å². The highest BCUT2D eigenvalue weighted by Gasteiger charge is 2.66. The van der Waals surface area contributed by atoms with Gasteiger partial charge in [-0.1, -0.05) is 18.4 Å². The molecular weight excluding hydrogens is 334 g/mol. The van der Waals surface area contributed by atoms with Crippen molar-refractivity contribution in [2.45, 2.75) is 63.9 Å². The summed E-state index contributed by atoms with van der Waals surface area (Å²) in [6, 6.07) is 0. The number of ketones is 1. The van der Waals surface area contributed by atoms with Gasteiger partial charge in [0, 0.05) is 24.9 Å². The van der Waals surface area contributed by atoms with Crippen molar-refractivity contribution in [1.82, 2.24) is 0 Å². The van der Waals surface area contributed by atoms with Crippen LogP contribution in [0.4, 0.5) is 8.78 Å². The minimum Gasteiger partial charge on any atom is -0.365 e. The molecule has 0 spiro atoms. The summed E-state index contributed by atoms with van der Waals surface area (Å²) in [5.74, 6) is 3.08. The summed E-state index contributed by atoms with van der Waals surface area (Å²) >= 11 is 0. The third kappa shape index (κ3) is 2.29. The molecule has 0 saturated heterocycles. The number of methoxy groups -OCH3 is 1. The fraction of sp³-hybridized carbons (Fsp3) is 0.773. The van der Waals surface area contributed by atoms with Crippen LogP contribution in [0.5, 0.6) is 0 Å². The van der Waals surface area contributed by atoms with Gasteiger partial charge in [-0.25, -0.2) is 8.78 Å². The van der Waals surface area contributed by atoms with E-state index in [4.69, 9.17) is 11.2 Å². The molecule has 0 unspecified atom stereocenters. The van der Waals surface area contributed by atoms with E-state index in [1.54, 1.807) is 13.2 Å². The van der Waals surface area contributed by atoms with Crippen molar-refractivity contribution < 1.29 is 18.3 Å². The maximum absolute atomic E-state index is 14.2. The van der Waals surface area contributed by atoms with E-state index in [1.165, 1.54) is 0 Å². The van der Waals surface area contributed by atoms with E-state index in [0.29, 0.717) is 18.8 Å². The number of hydrogen-bond donors (Lipinski definition) is 0. The molecule has 0 heterocycles. The van der Waals surface area contributed by atoms with Crippen LogP contribution in [0.1, 0.15) is 51.9 Å². The van der Waals surface area contributed by atoms with Crippen LogP contribution in [0, 0.1) is 47.3 Å². The summed E-state index contributed by atoms with van der Waals surface area (Å²) in [6.07, 6.45) is 10.4. The van der Waals surface area contributed by atoms with E-state index in [-0.39, 0.29) is 23.5 Å². The summed E-state index contributed by atoms with van der Waals surface area (Å²) in [7, 11) is 1.63. The lowest BCUT2D eigenvalue weighted by Crippen LogP contribution is -2.57. The largest absolute Gasteiger partial charge is 0.365 e. The van der Waals surface area contributed by atoms with Gasteiger partial charge in [-0.15, -0.1) is 6.42 Å². The molecule has 7 atom stereocenters. The first-order chi connectivity index (χ1) is 12.4. The number of fused-ring (bicyclic) bond motifs is 5. The predicted molar refractivity (Wildman–Crippen MR) is 95.5 cm³/mol. The Bertz CT molecular complexity index is 678. The van der Waals surface area contributed by atoms with Crippen molar-refractivity contribution in [2.24, 2.45) is 35.0 Å². The molecule has 3 fully saturated rings. The second kappa shape index (κ2) is 6.16. The molecule has 4 aliphatic carbocycles. The van der Waals surface area contributed by atoms with Gasteiger partial charge in [0.15, 0.2) is 5.78 Å². The van der Waals surface area contributed by atoms with Crippen molar-refractivity contribution >= 4 is 5.78 Å². The van der Waals surface area contributed by atoms with Crippen molar-refractivity contribution in [2.75, 3.05) is 7.11 Å². The van der Waals surface area contributed by atoms with Gasteiger partial charge < -0.3 is 4.74 Å². The molecular formula is C22H28F2O2. The second-order valence-electron chi connectivity index (χ2n) is 9.05. The molecule has 0 bridgehead atoms. The minimum atomic E-state index is -2.36. The lowest BCUT2D eigenvalue weighted by Gasteiger charge is -2.58. The van der Waals surface area contributed by atoms with Crippen LogP contribution in [0.3, 0.4) is 0 Å². The van der Waals surface area contributed by atoms with Crippen molar-refractivity contribution in [3.8, 4) is 12.3 Å². The molecule has 3 saturated carbocycles. The molecule has 2 nitrogen and oxygen atoms in total. The lowest BCUT2D eigenvalue weighted by molar-refractivity contribution is -0.152. The number of alkyl halides is 2. The number of rotatable bonds is 2. The summed E-state index contributed by atoms with van der Waals surface area (Å²) in [4.78, 5) is 11.8. The van der Waals surface area contributed by atoms with Crippen LogP contribution in [0.2, 0.25) is 0 Å². The van der Waals surface area contributed by atoms with Crippen molar-refractivity contribution in [3.63, 3.8) is 0 Å². The highest BCUT2D eigenvalue weighted by molar-refractivity contribution is 5.91. The number of terminal acetylenes is 1. The molecule has 142 valence electrons. The Morgan fingerprint density at radius 3 is 2.73 bits per heavy atom. The fourth-order valence-electron chi connectivity index (χ4n) is 7.26. The minimum absolute atomic E-state index is 0.0217. The first-order valence-corrected chi connectivity index (χ1v) is 9.91. The zero-order valence-electron chi connectivity index (χ0n) is 15.6. The maximum atomic E-state index is 14.2. The Morgan fingerprint density at radius 1 is 1.31 bits per heavy atom. The zero-order chi connectivity index (χ0) is 18.7. The summed E-state index contributed by atoms with van der Waals surface area (Å²) in [6.45, 7) is 2.09. The summed E-state index contributed by atoms with van der Waals surface area (Å²) < 4.78 is 34.3. The Labute approximate surface area is 154 Å². The van der Waals surface area contributed by atoms with Crippen LogP contribution < -0.4 is 0 Å². The van der Waals surface area contributed by atoms with E-state index in [0.717, 1.165) is 37.7 Å². The molecule has 4 rings (SSSR count). The van der Waals surface area contributed by atoms with Crippen LogP contribution in [-0.4, -0.2) is 24.9 Å². The van der Waals surface area contributed by atoms with Crippen LogP contribution in [0.15, 0.2) is 11.6 Å². The highest BCUT2D eigenvalue weighted by Crippen LogP contribution is 2.67. The van der Waals surface area contributed by atoms with Crippen molar-refractivity contribution in [3.05, 3.63) is 11.6 Å².